The molecule has 2 aromatic carbocycles. The van der Waals surface area contributed by atoms with E-state index in [1.54, 1.807) is 18.2 Å². The van der Waals surface area contributed by atoms with Gasteiger partial charge in [-0.2, -0.15) is 0 Å². The zero-order valence-corrected chi connectivity index (χ0v) is 18.0. The molecule has 1 fully saturated rings. The molecule has 1 saturated heterocycles. The number of nitrogens with zero attached hydrogens (tertiary/aromatic N) is 3. The first kappa shape index (κ1) is 21.0. The molecule has 0 radical (unpaired) electrons. The minimum Gasteiger partial charge on any atom is -0.334 e. The number of carbonyl (C=O) groups excluding carboxylic acids is 2. The fourth-order valence-electron chi connectivity index (χ4n) is 3.50. The van der Waals surface area contributed by atoms with Crippen molar-refractivity contribution >= 4 is 23.7 Å². The molecule has 1 aromatic heterocycles. The molecule has 1 unspecified atom stereocenters. The quantitative estimate of drug-likeness (QED) is 0.575. The van der Waals surface area contributed by atoms with Crippen LogP contribution in [0, 0.1) is 19.7 Å². The molecule has 0 saturated carbocycles. The fraction of sp³-hybridized carbons (Fsp3) is 0.273. The largest absolute Gasteiger partial charge is 0.334 e. The summed E-state index contributed by atoms with van der Waals surface area (Å²) in [6.07, 6.45) is 0.517. The van der Waals surface area contributed by atoms with E-state index in [0.29, 0.717) is 28.7 Å². The predicted molar refractivity (Wildman–Crippen MR) is 116 cm³/mol. The van der Waals surface area contributed by atoms with Crippen LogP contribution in [0.2, 0.25) is 0 Å². The highest BCUT2D eigenvalue weighted by Crippen LogP contribution is 2.29. The van der Waals surface area contributed by atoms with Gasteiger partial charge in [-0.3, -0.25) is 14.7 Å². The number of aromatic nitrogens is 3. The number of aryl methyl sites for hydroxylation is 2. The lowest BCUT2D eigenvalue weighted by atomic mass is 10.1. The predicted octanol–water partition coefficient (Wildman–Crippen LogP) is 3.46. The molecule has 7 nitrogen and oxygen atoms in total. The molecule has 4 rings (SSSR count). The molecule has 0 bridgehead atoms. The van der Waals surface area contributed by atoms with E-state index >= 15 is 0 Å². The maximum Gasteiger partial charge on any atom is 0.321 e. The second-order valence-corrected chi connectivity index (χ2v) is 8.47. The Morgan fingerprint density at radius 2 is 1.97 bits per heavy atom. The molecule has 1 aliphatic rings. The van der Waals surface area contributed by atoms with Crippen molar-refractivity contribution in [1.82, 2.24) is 25.4 Å². The van der Waals surface area contributed by atoms with Gasteiger partial charge in [-0.15, -0.1) is 10.2 Å². The first-order valence-corrected chi connectivity index (χ1v) is 10.9. The fourth-order valence-corrected chi connectivity index (χ4v) is 4.45. The van der Waals surface area contributed by atoms with Crippen LogP contribution in [0.3, 0.4) is 0 Å². The number of thioether (sulfide) groups is 1. The molecule has 1 aliphatic heterocycles. The van der Waals surface area contributed by atoms with Crippen LogP contribution in [0.15, 0.2) is 47.6 Å². The summed E-state index contributed by atoms with van der Waals surface area (Å²) in [6, 6.07) is 11.9. The molecule has 1 atom stereocenters. The summed E-state index contributed by atoms with van der Waals surface area (Å²) in [7, 11) is 0. The monoisotopic (exact) mass is 439 g/mol. The zero-order chi connectivity index (χ0) is 22.0. The first-order chi connectivity index (χ1) is 14.9. The number of hydrogen-bond acceptors (Lipinski definition) is 5. The van der Waals surface area contributed by atoms with Crippen LogP contribution in [0.5, 0.6) is 0 Å². The van der Waals surface area contributed by atoms with Gasteiger partial charge in [-0.1, -0.05) is 42.1 Å². The molecule has 3 amide bonds. The van der Waals surface area contributed by atoms with E-state index in [4.69, 9.17) is 0 Å². The third-order valence-corrected chi connectivity index (χ3v) is 6.05. The molecule has 2 N–H and O–H groups in total. The van der Waals surface area contributed by atoms with Gasteiger partial charge in [-0.05, 0) is 42.7 Å². The Labute approximate surface area is 183 Å². The van der Waals surface area contributed by atoms with E-state index in [9.17, 15) is 14.0 Å². The lowest BCUT2D eigenvalue weighted by Crippen LogP contribution is -2.53. The van der Waals surface area contributed by atoms with Crippen LogP contribution in [0.25, 0.3) is 5.69 Å². The minimum atomic E-state index is -0.506. The van der Waals surface area contributed by atoms with Crippen molar-refractivity contribution in [2.45, 2.75) is 43.6 Å². The summed E-state index contributed by atoms with van der Waals surface area (Å²) in [6.45, 7) is 4.00. The molecule has 160 valence electrons. The Balaban J connectivity index is 1.68. The Kier molecular flexibility index (Phi) is 6.03. The van der Waals surface area contributed by atoms with Gasteiger partial charge in [0.15, 0.2) is 5.16 Å². The van der Waals surface area contributed by atoms with Crippen molar-refractivity contribution in [3.63, 3.8) is 0 Å². The lowest BCUT2D eigenvalue weighted by molar-refractivity contribution is -0.121. The van der Waals surface area contributed by atoms with Gasteiger partial charge in [-0.25, -0.2) is 9.18 Å². The highest BCUT2D eigenvalue weighted by molar-refractivity contribution is 7.98. The maximum absolute atomic E-state index is 14.1. The number of rotatable bonds is 6. The second-order valence-electron chi connectivity index (χ2n) is 7.53. The van der Waals surface area contributed by atoms with E-state index < -0.39 is 6.03 Å². The van der Waals surface area contributed by atoms with E-state index in [1.165, 1.54) is 17.8 Å². The number of halogens is 1. The van der Waals surface area contributed by atoms with Gasteiger partial charge in [0.1, 0.15) is 11.6 Å². The van der Waals surface area contributed by atoms with Crippen molar-refractivity contribution in [2.75, 3.05) is 0 Å². The van der Waals surface area contributed by atoms with E-state index in [0.717, 1.165) is 16.8 Å². The number of carbonyl (C=O) groups is 2. The van der Waals surface area contributed by atoms with Gasteiger partial charge in [0.05, 0.1) is 5.69 Å². The van der Waals surface area contributed by atoms with Crippen molar-refractivity contribution in [3.05, 3.63) is 70.8 Å². The third kappa shape index (κ3) is 4.77. The van der Waals surface area contributed by atoms with Crippen LogP contribution in [0.1, 0.15) is 28.9 Å². The van der Waals surface area contributed by atoms with Crippen LogP contribution in [-0.2, 0) is 17.0 Å². The molecule has 9 heteroatoms. The molecule has 2 heterocycles. The smallest absolute Gasteiger partial charge is 0.321 e. The summed E-state index contributed by atoms with van der Waals surface area (Å²) in [5, 5.41) is 14.3. The SMILES string of the molecule is Cc1ccc(C)c(-n2c(CC3CC(=O)NC(=O)N3)nnc2SCc2ccccc2F)c1. The Hall–Kier alpha value is -3.20. The van der Waals surface area contributed by atoms with Crippen molar-refractivity contribution in [3.8, 4) is 5.69 Å². The van der Waals surface area contributed by atoms with E-state index in [2.05, 4.69) is 20.8 Å². The van der Waals surface area contributed by atoms with Crippen molar-refractivity contribution in [1.29, 1.82) is 0 Å². The average Bonchev–Trinajstić information content (AvgIpc) is 3.10. The van der Waals surface area contributed by atoms with Gasteiger partial charge in [0.2, 0.25) is 5.91 Å². The topological polar surface area (TPSA) is 88.9 Å². The van der Waals surface area contributed by atoms with Gasteiger partial charge < -0.3 is 5.32 Å². The van der Waals surface area contributed by atoms with Crippen LogP contribution >= 0.6 is 11.8 Å². The van der Waals surface area contributed by atoms with Gasteiger partial charge >= 0.3 is 6.03 Å². The number of urea groups is 1. The highest BCUT2D eigenvalue weighted by Gasteiger charge is 2.27. The Bertz CT molecular complexity index is 1130. The number of benzene rings is 2. The standard InChI is InChI=1S/C22H22FN5O2S/c1-13-7-8-14(2)18(9-13)28-19(10-16-11-20(29)25-21(30)24-16)26-27-22(28)31-12-15-5-3-4-6-17(15)23/h3-9,16H,10-12H2,1-2H3,(H2,24,25,29,30). The van der Waals surface area contributed by atoms with Crippen LogP contribution < -0.4 is 10.6 Å². The molecule has 0 aliphatic carbocycles. The molecule has 3 aromatic rings. The summed E-state index contributed by atoms with van der Waals surface area (Å²) in [5.74, 6) is 0.451. The Morgan fingerprint density at radius 3 is 2.74 bits per heavy atom. The summed E-state index contributed by atoms with van der Waals surface area (Å²) in [5.41, 5.74) is 3.61. The van der Waals surface area contributed by atoms with Gasteiger partial charge in [0.25, 0.3) is 0 Å². The van der Waals surface area contributed by atoms with Crippen molar-refractivity contribution < 1.29 is 14.0 Å². The molecule has 0 spiro atoms. The summed E-state index contributed by atoms with van der Waals surface area (Å²) in [4.78, 5) is 23.5. The van der Waals surface area contributed by atoms with Crippen molar-refractivity contribution in [2.24, 2.45) is 0 Å². The summed E-state index contributed by atoms with van der Waals surface area (Å²) < 4.78 is 16.0. The average molecular weight is 440 g/mol. The first-order valence-electron chi connectivity index (χ1n) is 9.89. The maximum atomic E-state index is 14.1. The molecule has 31 heavy (non-hydrogen) atoms. The number of nitrogens with one attached hydrogen (secondary N) is 2. The van der Waals surface area contributed by atoms with E-state index in [-0.39, 0.29) is 24.2 Å². The Morgan fingerprint density at radius 1 is 1.16 bits per heavy atom. The van der Waals surface area contributed by atoms with Gasteiger partial charge in [0, 0.05) is 24.6 Å². The lowest BCUT2D eigenvalue weighted by Gasteiger charge is -2.23. The normalized spacial score (nSPS) is 16.2. The number of amides is 3. The van der Waals surface area contributed by atoms with Crippen LogP contribution in [-0.4, -0.2) is 32.7 Å². The number of hydrogen-bond donors (Lipinski definition) is 2. The van der Waals surface area contributed by atoms with Crippen LogP contribution in [0.4, 0.5) is 9.18 Å². The highest BCUT2D eigenvalue weighted by atomic mass is 32.2. The second kappa shape index (κ2) is 8.89. The third-order valence-electron chi connectivity index (χ3n) is 5.07. The molecular weight excluding hydrogens is 417 g/mol. The van der Waals surface area contributed by atoms with E-state index in [1.807, 2.05) is 36.6 Å². The summed E-state index contributed by atoms with van der Waals surface area (Å²) >= 11 is 1.39. The molecular formula is C22H22FN5O2S. The minimum absolute atomic E-state index is 0.170. The number of imide groups is 1. The zero-order valence-electron chi connectivity index (χ0n) is 17.2.